The van der Waals surface area contributed by atoms with Crippen LogP contribution >= 0.6 is 0 Å². The Kier molecular flexibility index (Phi) is 4.80. The summed E-state index contributed by atoms with van der Waals surface area (Å²) >= 11 is 0. The first-order valence-corrected chi connectivity index (χ1v) is 6.97. The molecule has 0 bridgehead atoms. The molecule has 0 aliphatic carbocycles. The number of nitrogens with one attached hydrogen (secondary N) is 1. The van der Waals surface area contributed by atoms with Gasteiger partial charge in [0.2, 0.25) is 0 Å². The van der Waals surface area contributed by atoms with Gasteiger partial charge in [-0.15, -0.1) is 0 Å². The van der Waals surface area contributed by atoms with Crippen LogP contribution in [0.2, 0.25) is 0 Å². The zero-order valence-corrected chi connectivity index (χ0v) is 13.0. The Hall–Kier alpha value is -2.08. The molecule has 21 heavy (non-hydrogen) atoms. The van der Waals surface area contributed by atoms with Crippen LogP contribution in [0.15, 0.2) is 29.3 Å². The summed E-state index contributed by atoms with van der Waals surface area (Å²) in [6.07, 6.45) is 3.83. The SMILES string of the molecule is COCCn1cc(NC(C)c2cn(C)nc2C)ccc1=O. The topological polar surface area (TPSA) is 61.1 Å². The molecule has 2 aromatic rings. The van der Waals surface area contributed by atoms with Crippen molar-refractivity contribution in [3.05, 3.63) is 46.1 Å². The van der Waals surface area contributed by atoms with Crippen LogP contribution in [0.5, 0.6) is 0 Å². The first kappa shape index (κ1) is 15.3. The van der Waals surface area contributed by atoms with Crippen molar-refractivity contribution in [3.63, 3.8) is 0 Å². The summed E-state index contributed by atoms with van der Waals surface area (Å²) in [5.74, 6) is 0. The molecule has 1 N–H and O–H groups in total. The molecule has 6 heteroatoms. The first-order chi connectivity index (χ1) is 10.0. The molecule has 0 aliphatic rings. The maximum Gasteiger partial charge on any atom is 0.250 e. The predicted octanol–water partition coefficient (Wildman–Crippen LogP) is 1.71. The maximum absolute atomic E-state index is 11.8. The van der Waals surface area contributed by atoms with Crippen LogP contribution in [0.1, 0.15) is 24.2 Å². The number of nitrogens with zero attached hydrogens (tertiary/aromatic N) is 3. The highest BCUT2D eigenvalue weighted by Gasteiger charge is 2.12. The molecule has 0 saturated carbocycles. The van der Waals surface area contributed by atoms with E-state index < -0.39 is 0 Å². The van der Waals surface area contributed by atoms with E-state index in [9.17, 15) is 4.79 Å². The lowest BCUT2D eigenvalue weighted by atomic mass is 10.1. The minimum Gasteiger partial charge on any atom is -0.383 e. The number of anilines is 1. The molecule has 2 aromatic heterocycles. The summed E-state index contributed by atoms with van der Waals surface area (Å²) in [6, 6.07) is 3.49. The Balaban J connectivity index is 2.15. The lowest BCUT2D eigenvalue weighted by Crippen LogP contribution is -2.21. The number of pyridine rings is 1. The van der Waals surface area contributed by atoms with E-state index in [0.29, 0.717) is 13.2 Å². The summed E-state index contributed by atoms with van der Waals surface area (Å²) in [7, 11) is 3.54. The number of rotatable bonds is 6. The quantitative estimate of drug-likeness (QED) is 0.880. The lowest BCUT2D eigenvalue weighted by Gasteiger charge is -2.16. The van der Waals surface area contributed by atoms with Gasteiger partial charge in [-0.05, 0) is 19.9 Å². The molecule has 1 unspecified atom stereocenters. The third kappa shape index (κ3) is 3.72. The minimum absolute atomic E-state index is 0.0252. The minimum atomic E-state index is -0.0252. The van der Waals surface area contributed by atoms with Crippen LogP contribution in [0, 0.1) is 6.92 Å². The van der Waals surface area contributed by atoms with Gasteiger partial charge in [0, 0.05) is 44.7 Å². The maximum atomic E-state index is 11.8. The van der Waals surface area contributed by atoms with Crippen molar-refractivity contribution in [2.75, 3.05) is 19.0 Å². The molecule has 1 atom stereocenters. The van der Waals surface area contributed by atoms with E-state index in [1.165, 1.54) is 0 Å². The first-order valence-electron chi connectivity index (χ1n) is 6.97. The number of aromatic nitrogens is 3. The van der Waals surface area contributed by atoms with Gasteiger partial charge in [-0.2, -0.15) is 5.10 Å². The smallest absolute Gasteiger partial charge is 0.250 e. The van der Waals surface area contributed by atoms with Gasteiger partial charge >= 0.3 is 0 Å². The van der Waals surface area contributed by atoms with E-state index >= 15 is 0 Å². The van der Waals surface area contributed by atoms with Crippen LogP contribution in [-0.2, 0) is 18.3 Å². The highest BCUT2D eigenvalue weighted by molar-refractivity contribution is 5.43. The second-order valence-electron chi connectivity index (χ2n) is 5.15. The molecule has 2 rings (SSSR count). The Morgan fingerprint density at radius 2 is 2.14 bits per heavy atom. The fourth-order valence-corrected chi connectivity index (χ4v) is 2.35. The van der Waals surface area contributed by atoms with Crippen molar-refractivity contribution < 1.29 is 4.74 Å². The molecule has 0 spiro atoms. The van der Waals surface area contributed by atoms with Crippen molar-refractivity contribution in [1.29, 1.82) is 0 Å². The Bertz CT molecular complexity index is 660. The van der Waals surface area contributed by atoms with Crippen LogP contribution in [0.4, 0.5) is 5.69 Å². The summed E-state index contributed by atoms with van der Waals surface area (Å²) in [5.41, 5.74) is 3.03. The summed E-state index contributed by atoms with van der Waals surface area (Å²) in [4.78, 5) is 11.8. The lowest BCUT2D eigenvalue weighted by molar-refractivity contribution is 0.186. The van der Waals surface area contributed by atoms with Gasteiger partial charge in [0.1, 0.15) is 0 Å². The molecule has 2 heterocycles. The average molecular weight is 290 g/mol. The van der Waals surface area contributed by atoms with Crippen molar-refractivity contribution >= 4 is 5.69 Å². The van der Waals surface area contributed by atoms with Crippen LogP contribution in [0.25, 0.3) is 0 Å². The van der Waals surface area contributed by atoms with Gasteiger partial charge in [0.05, 0.1) is 24.0 Å². The number of hydrogen-bond acceptors (Lipinski definition) is 4. The number of hydrogen-bond donors (Lipinski definition) is 1. The fraction of sp³-hybridized carbons (Fsp3) is 0.467. The van der Waals surface area contributed by atoms with Crippen LogP contribution in [0.3, 0.4) is 0 Å². The van der Waals surface area contributed by atoms with E-state index in [2.05, 4.69) is 17.3 Å². The summed E-state index contributed by atoms with van der Waals surface area (Å²) in [5, 5.41) is 7.75. The highest BCUT2D eigenvalue weighted by atomic mass is 16.5. The van der Waals surface area contributed by atoms with Crippen LogP contribution < -0.4 is 10.9 Å². The molecule has 6 nitrogen and oxygen atoms in total. The molecule has 0 amide bonds. The van der Waals surface area contributed by atoms with Gasteiger partial charge in [0.25, 0.3) is 5.56 Å². The van der Waals surface area contributed by atoms with Gasteiger partial charge in [0.15, 0.2) is 0 Å². The second-order valence-corrected chi connectivity index (χ2v) is 5.15. The molecule has 0 fully saturated rings. The molecule has 114 valence electrons. The normalized spacial score (nSPS) is 12.4. The zero-order valence-electron chi connectivity index (χ0n) is 13.0. The highest BCUT2D eigenvalue weighted by Crippen LogP contribution is 2.20. The van der Waals surface area contributed by atoms with Crippen LogP contribution in [-0.4, -0.2) is 28.1 Å². The Morgan fingerprint density at radius 1 is 1.38 bits per heavy atom. The molecule has 0 aromatic carbocycles. The standard InChI is InChI=1S/C15H22N4O2/c1-11(14-10-18(3)17-12(14)2)16-13-5-6-15(20)19(9-13)7-8-21-4/h5-6,9-11,16H,7-8H2,1-4H3. The monoisotopic (exact) mass is 290 g/mol. The van der Waals surface area contributed by atoms with Gasteiger partial charge < -0.3 is 14.6 Å². The van der Waals surface area contributed by atoms with Crippen molar-refractivity contribution in [2.24, 2.45) is 7.05 Å². The summed E-state index contributed by atoms with van der Waals surface area (Å²) in [6.45, 7) is 5.13. The third-order valence-electron chi connectivity index (χ3n) is 3.42. The van der Waals surface area contributed by atoms with E-state index in [0.717, 1.165) is 16.9 Å². The van der Waals surface area contributed by atoms with Crippen molar-refractivity contribution in [2.45, 2.75) is 26.4 Å². The van der Waals surface area contributed by atoms with E-state index in [1.807, 2.05) is 31.0 Å². The van der Waals surface area contributed by atoms with Gasteiger partial charge in [-0.1, -0.05) is 0 Å². The zero-order chi connectivity index (χ0) is 15.4. The number of ether oxygens (including phenoxy) is 1. The number of methoxy groups -OCH3 is 1. The Morgan fingerprint density at radius 3 is 2.76 bits per heavy atom. The molecule has 0 aliphatic heterocycles. The third-order valence-corrected chi connectivity index (χ3v) is 3.42. The second kappa shape index (κ2) is 6.58. The molecular weight excluding hydrogens is 268 g/mol. The molecular formula is C15H22N4O2. The predicted molar refractivity (Wildman–Crippen MR) is 82.6 cm³/mol. The van der Waals surface area contributed by atoms with E-state index in [4.69, 9.17) is 4.74 Å². The van der Waals surface area contributed by atoms with Gasteiger partial charge in [-0.25, -0.2) is 0 Å². The number of aryl methyl sites for hydroxylation is 2. The fourth-order valence-electron chi connectivity index (χ4n) is 2.35. The largest absolute Gasteiger partial charge is 0.383 e. The van der Waals surface area contributed by atoms with Crippen molar-refractivity contribution in [3.8, 4) is 0 Å². The van der Waals surface area contributed by atoms with Gasteiger partial charge in [-0.3, -0.25) is 9.48 Å². The van der Waals surface area contributed by atoms with E-state index in [1.54, 1.807) is 23.8 Å². The Labute approximate surface area is 124 Å². The molecule has 0 radical (unpaired) electrons. The van der Waals surface area contributed by atoms with E-state index in [-0.39, 0.29) is 11.6 Å². The molecule has 0 saturated heterocycles. The average Bonchev–Trinajstić information content (AvgIpc) is 2.78. The summed E-state index contributed by atoms with van der Waals surface area (Å²) < 4.78 is 8.47. The van der Waals surface area contributed by atoms with Crippen molar-refractivity contribution in [1.82, 2.24) is 14.3 Å².